The van der Waals surface area contributed by atoms with Gasteiger partial charge in [0.25, 0.3) is 5.91 Å². The molecular weight excluding hydrogens is 455 g/mol. The van der Waals surface area contributed by atoms with Gasteiger partial charge in [0.05, 0.1) is 5.69 Å². The van der Waals surface area contributed by atoms with E-state index in [0.717, 1.165) is 28.3 Å². The molecule has 8 nitrogen and oxygen atoms in total. The maximum absolute atomic E-state index is 14.5. The Balaban J connectivity index is 1.39. The van der Waals surface area contributed by atoms with Crippen molar-refractivity contribution in [1.82, 2.24) is 5.32 Å². The van der Waals surface area contributed by atoms with Crippen molar-refractivity contribution < 1.29 is 33.7 Å². The lowest BCUT2D eigenvalue weighted by molar-refractivity contribution is -0.139. The molecule has 0 unspecified atom stereocenters. The van der Waals surface area contributed by atoms with Crippen molar-refractivity contribution in [3.05, 3.63) is 89.2 Å². The zero-order valence-electron chi connectivity index (χ0n) is 18.5. The quantitative estimate of drug-likeness (QED) is 0.391. The standard InChI is InChI=1S/C26H23FN2O6/c27-21-13-15(24(31)28-23(11-12-30)25(32)33)9-10-22(21)29-26(34)35-14-20-18-7-3-1-5-16(18)17-6-2-4-8-19(17)20/h1-10,13,20,23,30H,11-12,14H2,(H,28,31)(H,29,34)(H,32,33)/t23-/m0/s1. The molecule has 0 saturated carbocycles. The lowest BCUT2D eigenvalue weighted by atomic mass is 9.98. The molecule has 2 amide bonds. The highest BCUT2D eigenvalue weighted by Crippen LogP contribution is 2.44. The van der Waals surface area contributed by atoms with Crippen LogP contribution in [0.15, 0.2) is 66.7 Å². The molecule has 1 aliphatic carbocycles. The van der Waals surface area contributed by atoms with Crippen molar-refractivity contribution in [2.45, 2.75) is 18.4 Å². The highest BCUT2D eigenvalue weighted by atomic mass is 19.1. The molecular formula is C26H23FN2O6. The molecule has 0 spiro atoms. The maximum Gasteiger partial charge on any atom is 0.411 e. The number of aliphatic hydroxyl groups is 1. The molecule has 0 radical (unpaired) electrons. The molecule has 4 N–H and O–H groups in total. The molecule has 1 atom stereocenters. The number of fused-ring (bicyclic) bond motifs is 3. The molecule has 180 valence electrons. The molecule has 3 aromatic rings. The number of carboxylic acid groups (broad SMARTS) is 1. The van der Waals surface area contributed by atoms with Gasteiger partial charge in [-0.25, -0.2) is 14.0 Å². The number of halogens is 1. The number of benzene rings is 3. The summed E-state index contributed by atoms with van der Waals surface area (Å²) in [5, 5.41) is 22.5. The number of hydrogen-bond acceptors (Lipinski definition) is 5. The third-order valence-electron chi connectivity index (χ3n) is 5.83. The second-order valence-electron chi connectivity index (χ2n) is 8.02. The third-order valence-corrected chi connectivity index (χ3v) is 5.83. The van der Waals surface area contributed by atoms with Crippen LogP contribution in [0.1, 0.15) is 33.8 Å². The Morgan fingerprint density at radius 2 is 1.60 bits per heavy atom. The molecule has 0 heterocycles. The van der Waals surface area contributed by atoms with E-state index in [2.05, 4.69) is 10.6 Å². The summed E-state index contributed by atoms with van der Waals surface area (Å²) in [6, 6.07) is 17.8. The first-order chi connectivity index (χ1) is 16.9. The minimum atomic E-state index is -1.32. The topological polar surface area (TPSA) is 125 Å². The molecule has 0 bridgehead atoms. The summed E-state index contributed by atoms with van der Waals surface area (Å²) in [5.74, 6) is -3.18. The highest BCUT2D eigenvalue weighted by molar-refractivity contribution is 5.97. The number of rotatable bonds is 8. The first kappa shape index (κ1) is 23.9. The predicted octanol–water partition coefficient (Wildman–Crippen LogP) is 3.75. The van der Waals surface area contributed by atoms with Gasteiger partial charge in [-0.2, -0.15) is 0 Å². The Labute approximate surface area is 200 Å². The largest absolute Gasteiger partial charge is 0.480 e. The summed E-state index contributed by atoms with van der Waals surface area (Å²) in [4.78, 5) is 35.8. The number of anilines is 1. The van der Waals surface area contributed by atoms with Crippen LogP contribution in [0.25, 0.3) is 11.1 Å². The smallest absolute Gasteiger partial charge is 0.411 e. The number of nitrogens with one attached hydrogen (secondary N) is 2. The molecule has 3 aromatic carbocycles. The van der Waals surface area contributed by atoms with Crippen molar-refractivity contribution in [2.75, 3.05) is 18.5 Å². The Hall–Kier alpha value is -4.24. The summed E-state index contributed by atoms with van der Waals surface area (Å²) >= 11 is 0. The SMILES string of the molecule is O=C(Nc1ccc(C(=O)N[C@@H](CCO)C(=O)O)cc1F)OCC1c2ccccc2-c2ccccc21. The van der Waals surface area contributed by atoms with E-state index in [0.29, 0.717) is 0 Å². The molecule has 1 aliphatic rings. The first-order valence-corrected chi connectivity index (χ1v) is 10.9. The Morgan fingerprint density at radius 3 is 2.17 bits per heavy atom. The first-order valence-electron chi connectivity index (χ1n) is 10.9. The van der Waals surface area contributed by atoms with Gasteiger partial charge in [0.2, 0.25) is 0 Å². The molecule has 9 heteroatoms. The van der Waals surface area contributed by atoms with Gasteiger partial charge >= 0.3 is 12.1 Å². The van der Waals surface area contributed by atoms with Gasteiger partial charge in [0.1, 0.15) is 18.5 Å². The van der Waals surface area contributed by atoms with E-state index >= 15 is 0 Å². The van der Waals surface area contributed by atoms with Crippen LogP contribution in [-0.4, -0.2) is 47.4 Å². The minimum absolute atomic E-state index is 0.0589. The van der Waals surface area contributed by atoms with Gasteiger partial charge in [0, 0.05) is 24.5 Å². The average Bonchev–Trinajstić information content (AvgIpc) is 3.17. The number of hydrogen-bond donors (Lipinski definition) is 4. The van der Waals surface area contributed by atoms with Crippen molar-refractivity contribution in [3.8, 4) is 11.1 Å². The molecule has 35 heavy (non-hydrogen) atoms. The third kappa shape index (κ3) is 5.15. The molecule has 0 aliphatic heterocycles. The van der Waals surface area contributed by atoms with Gasteiger partial charge in [-0.05, 0) is 40.5 Å². The summed E-state index contributed by atoms with van der Waals surface area (Å²) in [7, 11) is 0. The van der Waals surface area contributed by atoms with Crippen molar-refractivity contribution in [3.63, 3.8) is 0 Å². The summed E-state index contributed by atoms with van der Waals surface area (Å²) < 4.78 is 19.9. The van der Waals surface area contributed by atoms with Crippen LogP contribution >= 0.6 is 0 Å². The van der Waals surface area contributed by atoms with Gasteiger partial charge in [-0.15, -0.1) is 0 Å². The van der Waals surface area contributed by atoms with Crippen LogP contribution in [0, 0.1) is 5.82 Å². The lowest BCUT2D eigenvalue weighted by Crippen LogP contribution is -2.41. The fraction of sp³-hybridized carbons (Fsp3) is 0.192. The van der Waals surface area contributed by atoms with E-state index in [1.807, 2.05) is 48.5 Å². The van der Waals surface area contributed by atoms with E-state index in [4.69, 9.17) is 14.9 Å². The minimum Gasteiger partial charge on any atom is -0.480 e. The van der Waals surface area contributed by atoms with E-state index < -0.39 is 36.4 Å². The van der Waals surface area contributed by atoms with Gasteiger partial charge in [-0.3, -0.25) is 10.1 Å². The molecule has 0 aromatic heterocycles. The van der Waals surface area contributed by atoms with Crippen molar-refractivity contribution >= 4 is 23.7 Å². The summed E-state index contributed by atoms with van der Waals surface area (Å²) in [6.07, 6.45) is -1.04. The highest BCUT2D eigenvalue weighted by Gasteiger charge is 2.29. The molecule has 0 saturated heterocycles. The zero-order valence-corrected chi connectivity index (χ0v) is 18.5. The average molecular weight is 478 g/mol. The number of ether oxygens (including phenoxy) is 1. The van der Waals surface area contributed by atoms with Crippen LogP contribution < -0.4 is 10.6 Å². The zero-order chi connectivity index (χ0) is 24.9. The Morgan fingerprint density at radius 1 is 0.971 bits per heavy atom. The number of amides is 2. The molecule has 4 rings (SSSR count). The van der Waals surface area contributed by atoms with Crippen LogP contribution in [0.4, 0.5) is 14.9 Å². The van der Waals surface area contributed by atoms with Crippen LogP contribution in [0.3, 0.4) is 0 Å². The monoisotopic (exact) mass is 478 g/mol. The van der Waals surface area contributed by atoms with E-state index in [9.17, 15) is 18.8 Å². The van der Waals surface area contributed by atoms with Crippen molar-refractivity contribution in [1.29, 1.82) is 0 Å². The van der Waals surface area contributed by atoms with Gasteiger partial charge < -0.3 is 20.3 Å². The van der Waals surface area contributed by atoms with Gasteiger partial charge in [0.15, 0.2) is 0 Å². The second-order valence-corrected chi connectivity index (χ2v) is 8.02. The lowest BCUT2D eigenvalue weighted by Gasteiger charge is -2.15. The van der Waals surface area contributed by atoms with E-state index in [-0.39, 0.29) is 30.2 Å². The number of carbonyl (C=O) groups excluding carboxylic acids is 2. The van der Waals surface area contributed by atoms with E-state index in [1.54, 1.807) is 0 Å². The normalized spacial score (nSPS) is 12.9. The second kappa shape index (κ2) is 10.4. The van der Waals surface area contributed by atoms with Crippen LogP contribution in [0.5, 0.6) is 0 Å². The molecule has 0 fully saturated rings. The van der Waals surface area contributed by atoms with Crippen molar-refractivity contribution in [2.24, 2.45) is 0 Å². The maximum atomic E-state index is 14.5. The van der Waals surface area contributed by atoms with Crippen LogP contribution in [0.2, 0.25) is 0 Å². The predicted molar refractivity (Wildman–Crippen MR) is 126 cm³/mol. The summed E-state index contributed by atoms with van der Waals surface area (Å²) in [5.41, 5.74) is 3.93. The number of aliphatic hydroxyl groups excluding tert-OH is 1. The van der Waals surface area contributed by atoms with Gasteiger partial charge in [-0.1, -0.05) is 48.5 Å². The Kier molecular flexibility index (Phi) is 7.07. The number of carboxylic acids is 1. The summed E-state index contributed by atoms with van der Waals surface area (Å²) in [6.45, 7) is -0.377. The number of aliphatic carboxylic acids is 1. The fourth-order valence-corrected chi connectivity index (χ4v) is 4.13. The van der Waals surface area contributed by atoms with E-state index in [1.165, 1.54) is 12.1 Å². The fourth-order valence-electron chi connectivity index (χ4n) is 4.13. The Bertz CT molecular complexity index is 1230. The number of carbonyl (C=O) groups is 3. The van der Waals surface area contributed by atoms with Crippen LogP contribution in [-0.2, 0) is 9.53 Å².